The van der Waals surface area contributed by atoms with Crippen LogP contribution in [0.25, 0.3) is 0 Å². The predicted octanol–water partition coefficient (Wildman–Crippen LogP) is 1.15. The molecular weight excluding hydrogens is 98.1 g/mol. The van der Waals surface area contributed by atoms with Gasteiger partial charge in [-0.1, -0.05) is 6.92 Å². The number of nitrogens with one attached hydrogen (secondary N) is 1. The maximum atomic E-state index is 3.58. The van der Waals surface area contributed by atoms with Crippen molar-refractivity contribution in [2.75, 3.05) is 0 Å². The van der Waals surface area contributed by atoms with Crippen molar-refractivity contribution in [3.8, 4) is 0 Å². The zero-order valence-electron chi connectivity index (χ0n) is 5.35. The van der Waals surface area contributed by atoms with Gasteiger partial charge in [0, 0.05) is 12.1 Å². The maximum Gasteiger partial charge on any atom is 0.00964 e. The molecule has 2 unspecified atom stereocenters. The van der Waals surface area contributed by atoms with E-state index in [1.807, 2.05) is 0 Å². The van der Waals surface area contributed by atoms with Gasteiger partial charge >= 0.3 is 0 Å². The lowest BCUT2D eigenvalue weighted by Gasteiger charge is -2.13. The molecule has 1 nitrogen and oxygen atoms in total. The molecule has 1 N–H and O–H groups in total. The highest BCUT2D eigenvalue weighted by Crippen LogP contribution is 2.32. The van der Waals surface area contributed by atoms with Gasteiger partial charge in [0.25, 0.3) is 0 Å². The molecule has 2 saturated heterocycles. The summed E-state index contributed by atoms with van der Waals surface area (Å²) in [6.07, 6.45) is 4.31. The molecule has 1 heteroatoms. The van der Waals surface area contributed by atoms with Crippen LogP contribution in [0.15, 0.2) is 0 Å². The summed E-state index contributed by atoms with van der Waals surface area (Å²) in [6.45, 7) is 2.36. The molecule has 2 heterocycles. The fourth-order valence-electron chi connectivity index (χ4n) is 2.10. The summed E-state index contributed by atoms with van der Waals surface area (Å²) in [4.78, 5) is 0. The average molecular weight is 111 g/mol. The van der Waals surface area contributed by atoms with E-state index in [0.717, 1.165) is 18.0 Å². The Morgan fingerprint density at radius 2 is 2.25 bits per heavy atom. The summed E-state index contributed by atoms with van der Waals surface area (Å²) < 4.78 is 0. The third-order valence-corrected chi connectivity index (χ3v) is 2.62. The first-order valence-corrected chi connectivity index (χ1v) is 3.62. The van der Waals surface area contributed by atoms with Crippen LogP contribution in [0, 0.1) is 5.92 Å². The average Bonchev–Trinajstić information content (AvgIpc) is 2.23. The van der Waals surface area contributed by atoms with Gasteiger partial charge in [0.05, 0.1) is 0 Å². The number of fused-ring (bicyclic) bond motifs is 2. The first-order valence-electron chi connectivity index (χ1n) is 3.62. The summed E-state index contributed by atoms with van der Waals surface area (Å²) in [7, 11) is 0. The van der Waals surface area contributed by atoms with Crippen molar-refractivity contribution in [2.45, 2.75) is 38.3 Å². The van der Waals surface area contributed by atoms with Gasteiger partial charge < -0.3 is 5.32 Å². The van der Waals surface area contributed by atoms with Crippen molar-refractivity contribution in [3.63, 3.8) is 0 Å². The van der Waals surface area contributed by atoms with Crippen molar-refractivity contribution in [1.29, 1.82) is 0 Å². The molecule has 0 spiro atoms. The summed E-state index contributed by atoms with van der Waals surface area (Å²) in [5.74, 6) is 0.966. The molecule has 0 amide bonds. The molecule has 0 aromatic carbocycles. The predicted molar refractivity (Wildman–Crippen MR) is 33.7 cm³/mol. The lowest BCUT2D eigenvalue weighted by molar-refractivity contribution is 0.439. The Morgan fingerprint density at radius 1 is 1.38 bits per heavy atom. The maximum absolute atomic E-state index is 3.58. The molecule has 2 rings (SSSR count). The minimum absolute atomic E-state index is 0.889. The van der Waals surface area contributed by atoms with E-state index in [-0.39, 0.29) is 0 Å². The van der Waals surface area contributed by atoms with Crippen LogP contribution in [0.2, 0.25) is 0 Å². The molecular formula is C7H13N. The van der Waals surface area contributed by atoms with Crippen LogP contribution < -0.4 is 5.32 Å². The Morgan fingerprint density at radius 3 is 2.50 bits per heavy atom. The molecule has 46 valence electrons. The summed E-state index contributed by atoms with van der Waals surface area (Å²) in [5.41, 5.74) is 0. The first-order chi connectivity index (χ1) is 3.86. The van der Waals surface area contributed by atoms with E-state index in [1.54, 1.807) is 0 Å². The zero-order valence-corrected chi connectivity index (χ0v) is 5.35. The number of hydrogen-bond donors (Lipinski definition) is 1. The Balaban J connectivity index is 2.11. The molecule has 3 atom stereocenters. The Hall–Kier alpha value is -0.0400. The second-order valence-electron chi connectivity index (χ2n) is 3.26. The summed E-state index contributed by atoms with van der Waals surface area (Å²) >= 11 is 0. The van der Waals surface area contributed by atoms with E-state index >= 15 is 0 Å². The minimum Gasteiger partial charge on any atom is -0.311 e. The van der Waals surface area contributed by atoms with Gasteiger partial charge in [-0.05, 0) is 25.2 Å². The van der Waals surface area contributed by atoms with E-state index in [2.05, 4.69) is 12.2 Å². The normalized spacial score (nSPS) is 52.9. The van der Waals surface area contributed by atoms with Crippen LogP contribution in [-0.4, -0.2) is 12.1 Å². The SMILES string of the molecule is CC1C[C@H]2CCC1N2. The Labute approximate surface area is 50.5 Å². The Bertz CT molecular complexity index is 98.6. The van der Waals surface area contributed by atoms with Gasteiger partial charge in [0.15, 0.2) is 0 Å². The monoisotopic (exact) mass is 111 g/mol. The van der Waals surface area contributed by atoms with Crippen molar-refractivity contribution < 1.29 is 0 Å². The van der Waals surface area contributed by atoms with Gasteiger partial charge in [-0.3, -0.25) is 0 Å². The zero-order chi connectivity index (χ0) is 5.56. The lowest BCUT2D eigenvalue weighted by Crippen LogP contribution is -2.20. The third-order valence-electron chi connectivity index (χ3n) is 2.62. The Kier molecular flexibility index (Phi) is 0.884. The van der Waals surface area contributed by atoms with Crippen molar-refractivity contribution in [2.24, 2.45) is 5.92 Å². The fraction of sp³-hybridized carbons (Fsp3) is 1.00. The smallest absolute Gasteiger partial charge is 0.00964 e. The van der Waals surface area contributed by atoms with Crippen LogP contribution in [-0.2, 0) is 0 Å². The molecule has 2 aliphatic rings. The van der Waals surface area contributed by atoms with Crippen LogP contribution in [0.1, 0.15) is 26.2 Å². The van der Waals surface area contributed by atoms with Crippen molar-refractivity contribution >= 4 is 0 Å². The van der Waals surface area contributed by atoms with Gasteiger partial charge in [0.1, 0.15) is 0 Å². The highest BCUT2D eigenvalue weighted by molar-refractivity contribution is 4.95. The summed E-state index contributed by atoms with van der Waals surface area (Å²) in [5, 5.41) is 3.58. The van der Waals surface area contributed by atoms with Crippen molar-refractivity contribution in [3.05, 3.63) is 0 Å². The van der Waals surface area contributed by atoms with E-state index in [0.29, 0.717) is 0 Å². The topological polar surface area (TPSA) is 12.0 Å². The van der Waals surface area contributed by atoms with Crippen LogP contribution in [0.5, 0.6) is 0 Å². The largest absolute Gasteiger partial charge is 0.311 e. The quantitative estimate of drug-likeness (QED) is 0.494. The molecule has 0 aromatic heterocycles. The molecule has 0 aromatic rings. The van der Waals surface area contributed by atoms with Crippen molar-refractivity contribution in [1.82, 2.24) is 5.32 Å². The molecule has 0 saturated carbocycles. The second kappa shape index (κ2) is 1.47. The van der Waals surface area contributed by atoms with E-state index in [4.69, 9.17) is 0 Å². The third kappa shape index (κ3) is 0.510. The highest BCUT2D eigenvalue weighted by Gasteiger charge is 2.35. The van der Waals surface area contributed by atoms with Crippen LogP contribution in [0.3, 0.4) is 0 Å². The molecule has 0 aliphatic carbocycles. The highest BCUT2D eigenvalue weighted by atomic mass is 15.0. The molecule has 8 heavy (non-hydrogen) atoms. The standard InChI is InChI=1S/C7H13N/c1-5-4-6-2-3-7(5)8-6/h5-8H,2-4H2,1H3/t5?,6-,7?/m1/s1. The lowest BCUT2D eigenvalue weighted by atomic mass is 9.91. The molecule has 2 aliphatic heterocycles. The first kappa shape index (κ1) is 4.80. The van der Waals surface area contributed by atoms with Crippen LogP contribution in [0.4, 0.5) is 0 Å². The summed E-state index contributed by atoms with van der Waals surface area (Å²) in [6, 6.07) is 1.79. The van der Waals surface area contributed by atoms with Gasteiger partial charge in [0.2, 0.25) is 0 Å². The van der Waals surface area contributed by atoms with Gasteiger partial charge in [-0.2, -0.15) is 0 Å². The van der Waals surface area contributed by atoms with Crippen LogP contribution >= 0.6 is 0 Å². The molecule has 2 fully saturated rings. The van der Waals surface area contributed by atoms with E-state index in [9.17, 15) is 0 Å². The van der Waals surface area contributed by atoms with E-state index in [1.165, 1.54) is 19.3 Å². The number of rotatable bonds is 0. The number of hydrogen-bond acceptors (Lipinski definition) is 1. The van der Waals surface area contributed by atoms with Gasteiger partial charge in [-0.15, -0.1) is 0 Å². The van der Waals surface area contributed by atoms with Gasteiger partial charge in [-0.25, -0.2) is 0 Å². The molecule has 2 bridgehead atoms. The molecule has 0 radical (unpaired) electrons. The second-order valence-corrected chi connectivity index (χ2v) is 3.26. The fourth-order valence-corrected chi connectivity index (χ4v) is 2.10. The van der Waals surface area contributed by atoms with E-state index < -0.39 is 0 Å². The minimum atomic E-state index is 0.889.